The van der Waals surface area contributed by atoms with Gasteiger partial charge in [-0.25, -0.2) is 4.98 Å². The van der Waals surface area contributed by atoms with Crippen molar-refractivity contribution in [3.63, 3.8) is 0 Å². The summed E-state index contributed by atoms with van der Waals surface area (Å²) in [5.41, 5.74) is 3.74. The van der Waals surface area contributed by atoms with Gasteiger partial charge in [0.2, 0.25) is 0 Å². The highest BCUT2D eigenvalue weighted by Gasteiger charge is 2.20. The molecule has 0 bridgehead atoms. The van der Waals surface area contributed by atoms with Gasteiger partial charge in [0, 0.05) is 5.56 Å². The first-order chi connectivity index (χ1) is 13.8. The van der Waals surface area contributed by atoms with E-state index in [1.807, 2.05) is 84.2 Å². The van der Waals surface area contributed by atoms with E-state index in [4.69, 9.17) is 0 Å². The van der Waals surface area contributed by atoms with Gasteiger partial charge in [0.15, 0.2) is 0 Å². The second kappa shape index (κ2) is 8.30. The van der Waals surface area contributed by atoms with Crippen molar-refractivity contribution >= 4 is 22.1 Å². The van der Waals surface area contributed by atoms with Gasteiger partial charge in [-0.05, 0) is 28.6 Å². The number of nitrogens with zero attached hydrogens (tertiary/aromatic N) is 2. The summed E-state index contributed by atoms with van der Waals surface area (Å²) >= 11 is 1.57. The van der Waals surface area contributed by atoms with Gasteiger partial charge in [-0.3, -0.25) is 4.21 Å². The van der Waals surface area contributed by atoms with Crippen molar-refractivity contribution in [3.05, 3.63) is 95.4 Å². The van der Waals surface area contributed by atoms with Crippen LogP contribution >= 0.6 is 11.3 Å². The van der Waals surface area contributed by atoms with Crippen molar-refractivity contribution in [2.45, 2.75) is 10.8 Å². The predicted octanol–water partition coefficient (Wildman–Crippen LogP) is 5.66. The minimum Gasteiger partial charge on any atom is -0.252 e. The fourth-order valence-corrected chi connectivity index (χ4v) is 4.89. The zero-order chi connectivity index (χ0) is 19.3. The van der Waals surface area contributed by atoms with Gasteiger partial charge in [-0.2, -0.15) is 5.26 Å². The number of nitriles is 1. The minimum absolute atomic E-state index is 0.324. The SMILES string of the molecule is N#Cc1c(-c2ccccc2)cc(-c2cccs2)nc1[S@](=O)Cc1ccccc1. The predicted molar refractivity (Wildman–Crippen MR) is 114 cm³/mol. The Kier molecular flexibility index (Phi) is 5.43. The maximum absolute atomic E-state index is 13.2. The average Bonchev–Trinajstić information content (AvgIpc) is 3.29. The summed E-state index contributed by atoms with van der Waals surface area (Å²) in [7, 11) is -1.43. The number of benzene rings is 2. The average molecular weight is 401 g/mol. The van der Waals surface area contributed by atoms with Crippen molar-refractivity contribution in [1.29, 1.82) is 5.26 Å². The summed E-state index contributed by atoms with van der Waals surface area (Å²) in [6, 6.07) is 27.5. The van der Waals surface area contributed by atoms with E-state index < -0.39 is 10.8 Å². The zero-order valence-corrected chi connectivity index (χ0v) is 16.5. The molecule has 2 aromatic heterocycles. The molecular formula is C23H16N2OS2. The van der Waals surface area contributed by atoms with Gasteiger partial charge in [0.1, 0.15) is 11.1 Å². The number of thiophene rings is 1. The highest BCUT2D eigenvalue weighted by Crippen LogP contribution is 2.33. The molecule has 4 rings (SSSR count). The summed E-state index contributed by atoms with van der Waals surface area (Å²) in [4.78, 5) is 5.64. The molecule has 0 aliphatic rings. The van der Waals surface area contributed by atoms with Crippen LogP contribution in [-0.4, -0.2) is 9.19 Å². The molecule has 28 heavy (non-hydrogen) atoms. The lowest BCUT2D eigenvalue weighted by molar-refractivity contribution is 0.679. The van der Waals surface area contributed by atoms with Gasteiger partial charge < -0.3 is 0 Å². The van der Waals surface area contributed by atoms with Gasteiger partial charge in [-0.15, -0.1) is 11.3 Å². The van der Waals surface area contributed by atoms with E-state index in [9.17, 15) is 9.47 Å². The van der Waals surface area contributed by atoms with E-state index in [-0.39, 0.29) is 0 Å². The van der Waals surface area contributed by atoms with Crippen molar-refractivity contribution < 1.29 is 4.21 Å². The molecule has 4 aromatic rings. The Morgan fingerprint density at radius 2 is 1.68 bits per heavy atom. The normalized spacial score (nSPS) is 11.7. The molecule has 2 heterocycles. The monoisotopic (exact) mass is 400 g/mol. The molecule has 0 aliphatic carbocycles. The molecule has 0 saturated heterocycles. The lowest BCUT2D eigenvalue weighted by Gasteiger charge is -2.12. The topological polar surface area (TPSA) is 53.8 Å². The minimum atomic E-state index is -1.43. The lowest BCUT2D eigenvalue weighted by atomic mass is 10.0. The molecule has 0 unspecified atom stereocenters. The largest absolute Gasteiger partial charge is 0.252 e. The van der Waals surface area contributed by atoms with Crippen molar-refractivity contribution in [2.75, 3.05) is 0 Å². The highest BCUT2D eigenvalue weighted by atomic mass is 32.2. The Morgan fingerprint density at radius 1 is 0.964 bits per heavy atom. The molecule has 0 aliphatic heterocycles. The van der Waals surface area contributed by atoms with Crippen molar-refractivity contribution in [2.24, 2.45) is 0 Å². The summed E-state index contributed by atoms with van der Waals surface area (Å²) in [5, 5.41) is 12.2. The van der Waals surface area contributed by atoms with Gasteiger partial charge in [0.25, 0.3) is 0 Å². The molecule has 5 heteroatoms. The Morgan fingerprint density at radius 3 is 2.32 bits per heavy atom. The molecular weight excluding hydrogens is 384 g/mol. The maximum Gasteiger partial charge on any atom is 0.146 e. The summed E-state index contributed by atoms with van der Waals surface area (Å²) in [6.07, 6.45) is 0. The fraction of sp³-hybridized carbons (Fsp3) is 0.0435. The van der Waals surface area contributed by atoms with E-state index in [2.05, 4.69) is 11.1 Å². The van der Waals surface area contributed by atoms with Crippen LogP contribution in [-0.2, 0) is 16.6 Å². The summed E-state index contributed by atoms with van der Waals surface area (Å²) < 4.78 is 13.2. The Hall–Kier alpha value is -3.07. The third kappa shape index (κ3) is 3.79. The molecule has 0 spiro atoms. The van der Waals surface area contributed by atoms with E-state index in [1.165, 1.54) is 0 Å². The second-order valence-electron chi connectivity index (χ2n) is 6.17. The quantitative estimate of drug-likeness (QED) is 0.434. The molecule has 0 fully saturated rings. The van der Waals surface area contributed by atoms with Gasteiger partial charge in [-0.1, -0.05) is 66.7 Å². The zero-order valence-electron chi connectivity index (χ0n) is 14.9. The Balaban J connectivity index is 1.88. The summed E-state index contributed by atoms with van der Waals surface area (Å²) in [6.45, 7) is 0. The molecule has 1 atom stereocenters. The first-order valence-electron chi connectivity index (χ1n) is 8.73. The van der Waals surface area contributed by atoms with E-state index in [0.29, 0.717) is 16.3 Å². The molecule has 0 radical (unpaired) electrons. The van der Waals surface area contributed by atoms with Crippen LogP contribution in [0.3, 0.4) is 0 Å². The van der Waals surface area contributed by atoms with Crippen LogP contribution in [0.5, 0.6) is 0 Å². The maximum atomic E-state index is 13.2. The first-order valence-corrected chi connectivity index (χ1v) is 10.9. The smallest absolute Gasteiger partial charge is 0.146 e. The van der Waals surface area contributed by atoms with Crippen LogP contribution in [0, 0.1) is 11.3 Å². The third-order valence-corrected chi connectivity index (χ3v) is 6.53. The fourth-order valence-electron chi connectivity index (χ4n) is 2.98. The first kappa shape index (κ1) is 18.3. The van der Waals surface area contributed by atoms with Crippen LogP contribution in [0.4, 0.5) is 0 Å². The third-order valence-electron chi connectivity index (χ3n) is 4.31. The van der Waals surface area contributed by atoms with Crippen LogP contribution in [0.2, 0.25) is 0 Å². The molecule has 3 nitrogen and oxygen atoms in total. The van der Waals surface area contributed by atoms with Gasteiger partial charge >= 0.3 is 0 Å². The summed E-state index contributed by atoms with van der Waals surface area (Å²) in [5.74, 6) is 0.324. The number of hydrogen-bond acceptors (Lipinski definition) is 4. The van der Waals surface area contributed by atoms with Crippen LogP contribution in [0.15, 0.2) is 89.3 Å². The molecule has 0 saturated carbocycles. The van der Waals surface area contributed by atoms with Crippen LogP contribution < -0.4 is 0 Å². The van der Waals surface area contributed by atoms with E-state index in [1.54, 1.807) is 11.3 Å². The van der Waals surface area contributed by atoms with E-state index in [0.717, 1.165) is 27.3 Å². The van der Waals surface area contributed by atoms with Gasteiger partial charge in [0.05, 0.1) is 32.7 Å². The molecule has 2 aromatic carbocycles. The number of hydrogen-bond donors (Lipinski definition) is 0. The second-order valence-corrected chi connectivity index (χ2v) is 8.48. The lowest BCUT2D eigenvalue weighted by Crippen LogP contribution is -2.05. The molecule has 136 valence electrons. The molecule has 0 N–H and O–H groups in total. The van der Waals surface area contributed by atoms with E-state index >= 15 is 0 Å². The van der Waals surface area contributed by atoms with Crippen LogP contribution in [0.1, 0.15) is 11.1 Å². The standard InChI is InChI=1S/C23H16N2OS2/c24-15-20-19(18-10-5-2-6-11-18)14-21(22-12-7-13-27-22)25-23(20)28(26)16-17-8-3-1-4-9-17/h1-14H,16H2/t28-/m1/s1. The van der Waals surface area contributed by atoms with Crippen molar-refractivity contribution in [1.82, 2.24) is 4.98 Å². The Labute approximate surface area is 170 Å². The number of pyridine rings is 1. The Bertz CT molecular complexity index is 1150. The highest BCUT2D eigenvalue weighted by molar-refractivity contribution is 7.84. The number of rotatable bonds is 5. The number of aromatic nitrogens is 1. The van der Waals surface area contributed by atoms with Crippen LogP contribution in [0.25, 0.3) is 21.7 Å². The molecule has 0 amide bonds. The van der Waals surface area contributed by atoms with Crippen molar-refractivity contribution in [3.8, 4) is 27.8 Å².